The molecule has 166 valence electrons. The number of rotatable bonds is 4. The van der Waals surface area contributed by atoms with Crippen LogP contribution in [-0.2, 0) is 23.9 Å². The number of hydrogen-bond donors (Lipinski definition) is 2. The maximum absolute atomic E-state index is 12.9. The largest absolute Gasteiger partial charge is 0.473 e. The van der Waals surface area contributed by atoms with Gasteiger partial charge in [-0.05, 0) is 26.0 Å². The standard InChI is InChI=1S/C12H11ClF3N3O3.C4H6O4/c1-2-22-10(20)11(21)6-8(12(14,15)16)18-19(11)9-7(13)4-3-5-17-9;1-2-8-4(7)3(5)6/h3-5,21H,2,6H2,1H3;2H2,1H3,(H,5,6). The molecule has 1 aliphatic rings. The molecule has 1 unspecified atom stereocenters. The smallest absolute Gasteiger partial charge is 0.431 e. The summed E-state index contributed by atoms with van der Waals surface area (Å²) in [6.45, 7) is 2.98. The van der Waals surface area contributed by atoms with Crippen LogP contribution in [0.25, 0.3) is 0 Å². The number of ether oxygens (including phenoxy) is 2. The topological polar surface area (TPSA) is 139 Å². The van der Waals surface area contributed by atoms with Crippen LogP contribution >= 0.6 is 11.6 Å². The molecule has 0 aliphatic carbocycles. The second-order valence-corrected chi connectivity index (χ2v) is 5.81. The van der Waals surface area contributed by atoms with Gasteiger partial charge in [-0.15, -0.1) is 0 Å². The number of aliphatic carboxylic acids is 1. The number of carbonyl (C=O) groups is 3. The number of hydrogen-bond acceptors (Lipinski definition) is 9. The molecule has 1 atom stereocenters. The van der Waals surface area contributed by atoms with Crippen LogP contribution in [0.2, 0.25) is 5.02 Å². The van der Waals surface area contributed by atoms with Crippen molar-refractivity contribution in [2.24, 2.45) is 5.10 Å². The number of aliphatic hydroxyl groups is 1. The number of esters is 2. The van der Waals surface area contributed by atoms with E-state index in [1.54, 1.807) is 6.92 Å². The van der Waals surface area contributed by atoms with Crippen molar-refractivity contribution in [3.05, 3.63) is 23.4 Å². The van der Waals surface area contributed by atoms with Gasteiger partial charge in [0.1, 0.15) is 5.71 Å². The van der Waals surface area contributed by atoms with Gasteiger partial charge in [0.25, 0.3) is 5.72 Å². The highest BCUT2D eigenvalue weighted by molar-refractivity contribution is 6.33. The lowest BCUT2D eigenvalue weighted by molar-refractivity contribution is -0.163. The zero-order chi connectivity index (χ0) is 23.1. The fourth-order valence-corrected chi connectivity index (χ4v) is 2.26. The molecular formula is C16H17ClF3N3O7. The van der Waals surface area contributed by atoms with E-state index in [0.717, 1.165) is 0 Å². The Balaban J connectivity index is 0.000000479. The first-order valence-electron chi connectivity index (χ1n) is 8.23. The van der Waals surface area contributed by atoms with Crippen molar-refractivity contribution in [3.8, 4) is 0 Å². The maximum Gasteiger partial charge on any atom is 0.431 e. The molecule has 0 saturated carbocycles. The molecule has 1 aromatic heterocycles. The molecule has 10 nitrogen and oxygen atoms in total. The molecule has 0 amide bonds. The van der Waals surface area contributed by atoms with Crippen LogP contribution in [0.3, 0.4) is 0 Å². The molecule has 0 aromatic carbocycles. The second kappa shape index (κ2) is 10.2. The molecule has 14 heteroatoms. The van der Waals surface area contributed by atoms with Crippen LogP contribution in [0.4, 0.5) is 19.0 Å². The number of carboxylic acids is 1. The van der Waals surface area contributed by atoms with Gasteiger partial charge in [0.2, 0.25) is 0 Å². The van der Waals surface area contributed by atoms with Gasteiger partial charge in [-0.2, -0.15) is 18.3 Å². The summed E-state index contributed by atoms with van der Waals surface area (Å²) in [6.07, 6.45) is -4.65. The number of alkyl halides is 3. The van der Waals surface area contributed by atoms with Crippen LogP contribution in [0, 0.1) is 0 Å². The lowest BCUT2D eigenvalue weighted by atomic mass is 10.1. The van der Waals surface area contributed by atoms with Crippen molar-refractivity contribution in [1.82, 2.24) is 4.98 Å². The van der Waals surface area contributed by atoms with Gasteiger partial charge in [0.15, 0.2) is 5.82 Å². The average molecular weight is 456 g/mol. The van der Waals surface area contributed by atoms with E-state index < -0.39 is 41.9 Å². The molecule has 2 heterocycles. The normalized spacial score (nSPS) is 18.1. The number of nitrogens with zero attached hydrogens (tertiary/aromatic N) is 3. The van der Waals surface area contributed by atoms with Crippen molar-refractivity contribution >= 4 is 41.0 Å². The first-order chi connectivity index (χ1) is 13.9. The van der Waals surface area contributed by atoms with Gasteiger partial charge in [-0.1, -0.05) is 11.6 Å². The third-order valence-corrected chi connectivity index (χ3v) is 3.60. The average Bonchev–Trinajstić information content (AvgIpc) is 3.02. The fourth-order valence-electron chi connectivity index (χ4n) is 2.06. The number of hydrazone groups is 1. The molecule has 0 bridgehead atoms. The second-order valence-electron chi connectivity index (χ2n) is 5.40. The Morgan fingerprint density at radius 3 is 2.30 bits per heavy atom. The van der Waals surface area contributed by atoms with Crippen LogP contribution in [0.5, 0.6) is 0 Å². The highest BCUT2D eigenvalue weighted by Crippen LogP contribution is 2.38. The summed E-state index contributed by atoms with van der Waals surface area (Å²) >= 11 is 5.86. The lowest BCUT2D eigenvalue weighted by Gasteiger charge is -2.29. The number of carboxylic acid groups (broad SMARTS) is 1. The van der Waals surface area contributed by atoms with Crippen LogP contribution in [0.15, 0.2) is 23.4 Å². The Hall–Kier alpha value is -2.93. The highest BCUT2D eigenvalue weighted by Gasteiger charge is 2.56. The van der Waals surface area contributed by atoms with Crippen molar-refractivity contribution in [2.75, 3.05) is 18.2 Å². The van der Waals surface area contributed by atoms with E-state index in [2.05, 4.69) is 19.6 Å². The van der Waals surface area contributed by atoms with E-state index in [9.17, 15) is 32.7 Å². The van der Waals surface area contributed by atoms with Crippen LogP contribution in [0.1, 0.15) is 20.3 Å². The number of pyridine rings is 1. The first-order valence-corrected chi connectivity index (χ1v) is 8.61. The third-order valence-electron chi connectivity index (χ3n) is 3.30. The molecule has 0 spiro atoms. The summed E-state index contributed by atoms with van der Waals surface area (Å²) in [4.78, 5) is 35.2. The molecular weight excluding hydrogens is 439 g/mol. The molecule has 2 rings (SSSR count). The van der Waals surface area contributed by atoms with E-state index in [-0.39, 0.29) is 24.1 Å². The zero-order valence-electron chi connectivity index (χ0n) is 15.6. The Bertz CT molecular complexity index is 835. The predicted octanol–water partition coefficient (Wildman–Crippen LogP) is 1.75. The predicted molar refractivity (Wildman–Crippen MR) is 95.7 cm³/mol. The quantitative estimate of drug-likeness (QED) is 0.513. The van der Waals surface area contributed by atoms with E-state index in [0.29, 0.717) is 5.01 Å². The summed E-state index contributed by atoms with van der Waals surface area (Å²) in [5, 5.41) is 21.9. The monoisotopic (exact) mass is 455 g/mol. The molecule has 0 fully saturated rings. The minimum Gasteiger partial charge on any atom is -0.473 e. The summed E-state index contributed by atoms with van der Waals surface area (Å²) in [5.41, 5.74) is -3.98. The molecule has 0 radical (unpaired) electrons. The minimum atomic E-state index is -4.81. The van der Waals surface area contributed by atoms with E-state index in [1.165, 1.54) is 25.3 Å². The van der Waals surface area contributed by atoms with Gasteiger partial charge < -0.3 is 19.7 Å². The van der Waals surface area contributed by atoms with Crippen molar-refractivity contribution < 1.29 is 47.2 Å². The number of halogens is 4. The summed E-state index contributed by atoms with van der Waals surface area (Å²) in [7, 11) is 0. The maximum atomic E-state index is 12.9. The summed E-state index contributed by atoms with van der Waals surface area (Å²) < 4.78 is 47.3. The van der Waals surface area contributed by atoms with E-state index in [4.69, 9.17) is 16.7 Å². The van der Waals surface area contributed by atoms with Gasteiger partial charge in [0.05, 0.1) is 24.7 Å². The lowest BCUT2D eigenvalue weighted by Crippen LogP contribution is -2.51. The van der Waals surface area contributed by atoms with E-state index in [1.807, 2.05) is 0 Å². The summed E-state index contributed by atoms with van der Waals surface area (Å²) in [6, 6.07) is 2.79. The van der Waals surface area contributed by atoms with Crippen LogP contribution in [-0.4, -0.2) is 63.9 Å². The Morgan fingerprint density at radius 1 is 1.27 bits per heavy atom. The SMILES string of the molecule is CCOC(=O)C(=O)O.CCOC(=O)C1(O)CC(C(F)(F)F)=NN1c1ncccc1Cl. The molecule has 30 heavy (non-hydrogen) atoms. The Morgan fingerprint density at radius 2 is 1.87 bits per heavy atom. The molecule has 1 aromatic rings. The van der Waals surface area contributed by atoms with Gasteiger partial charge in [-0.25, -0.2) is 24.4 Å². The third kappa shape index (κ3) is 6.03. The van der Waals surface area contributed by atoms with Crippen molar-refractivity contribution in [3.63, 3.8) is 0 Å². The Labute approximate surface area is 172 Å². The van der Waals surface area contributed by atoms with E-state index >= 15 is 0 Å². The Kier molecular flexibility index (Phi) is 8.54. The number of carbonyl (C=O) groups excluding carboxylic acids is 2. The highest BCUT2D eigenvalue weighted by atomic mass is 35.5. The molecule has 0 saturated heterocycles. The molecule has 1 aliphatic heterocycles. The van der Waals surface area contributed by atoms with Crippen molar-refractivity contribution in [1.29, 1.82) is 0 Å². The van der Waals surface area contributed by atoms with Gasteiger partial charge >= 0.3 is 24.1 Å². The first kappa shape index (κ1) is 25.1. The fraction of sp³-hybridized carbons (Fsp3) is 0.438. The van der Waals surface area contributed by atoms with Crippen LogP contribution < -0.4 is 5.01 Å². The number of anilines is 1. The molecule has 2 N–H and O–H groups in total. The minimum absolute atomic E-state index is 0.0719. The summed E-state index contributed by atoms with van der Waals surface area (Å²) in [5.74, 6) is -4.29. The van der Waals surface area contributed by atoms with Gasteiger partial charge in [0, 0.05) is 6.20 Å². The van der Waals surface area contributed by atoms with Crippen molar-refractivity contribution in [2.45, 2.75) is 32.2 Å². The number of aromatic nitrogens is 1. The van der Waals surface area contributed by atoms with Gasteiger partial charge in [-0.3, -0.25) is 0 Å². The zero-order valence-corrected chi connectivity index (χ0v) is 16.4.